The Morgan fingerprint density at radius 3 is 2.61 bits per heavy atom. The van der Waals surface area contributed by atoms with E-state index in [9.17, 15) is 8.78 Å². The van der Waals surface area contributed by atoms with E-state index >= 15 is 0 Å². The number of pyridine rings is 1. The topological polar surface area (TPSA) is 43.9 Å². The minimum Gasteiger partial charge on any atom is -0.361 e. The highest BCUT2D eigenvalue weighted by atomic mass is 19.3. The summed E-state index contributed by atoms with van der Waals surface area (Å²) in [7, 11) is 2.00. The Morgan fingerprint density at radius 1 is 1.29 bits per heavy atom. The van der Waals surface area contributed by atoms with Gasteiger partial charge in [-0.15, -0.1) is 0 Å². The van der Waals surface area contributed by atoms with E-state index in [0.717, 1.165) is 40.0 Å². The monoisotopic (exact) mass is 387 g/mol. The van der Waals surface area contributed by atoms with E-state index in [4.69, 9.17) is 9.51 Å². The van der Waals surface area contributed by atoms with Crippen molar-refractivity contribution in [2.75, 3.05) is 0 Å². The third-order valence-corrected chi connectivity index (χ3v) is 6.34. The summed E-state index contributed by atoms with van der Waals surface area (Å²) in [4.78, 5) is 4.70. The fraction of sp³-hybridized carbons (Fsp3) is 0.545. The van der Waals surface area contributed by atoms with Gasteiger partial charge in [-0.25, -0.2) is 13.8 Å². The van der Waals surface area contributed by atoms with Gasteiger partial charge in [0.1, 0.15) is 11.4 Å². The molecule has 0 bridgehead atoms. The maximum Gasteiger partial charge on any atom is 0.248 e. The Morgan fingerprint density at radius 2 is 2.00 bits per heavy atom. The molecule has 4 nitrogen and oxygen atoms in total. The molecule has 150 valence electrons. The largest absolute Gasteiger partial charge is 0.361 e. The van der Waals surface area contributed by atoms with Gasteiger partial charge in [-0.2, -0.15) is 0 Å². The van der Waals surface area contributed by atoms with Crippen LogP contribution < -0.4 is 0 Å². The molecule has 0 aromatic carbocycles. The van der Waals surface area contributed by atoms with Crippen LogP contribution in [0.25, 0.3) is 22.2 Å². The van der Waals surface area contributed by atoms with Crippen molar-refractivity contribution in [3.05, 3.63) is 35.5 Å². The first-order chi connectivity index (χ1) is 13.3. The van der Waals surface area contributed by atoms with Crippen molar-refractivity contribution in [1.82, 2.24) is 14.7 Å². The number of nitrogens with zero attached hydrogens (tertiary/aromatic N) is 3. The van der Waals surface area contributed by atoms with Crippen LogP contribution in [0.15, 0.2) is 23.0 Å². The molecule has 28 heavy (non-hydrogen) atoms. The van der Waals surface area contributed by atoms with Crippen LogP contribution in [-0.2, 0) is 7.05 Å². The van der Waals surface area contributed by atoms with Crippen LogP contribution in [-0.4, -0.2) is 20.6 Å². The third-order valence-electron chi connectivity index (χ3n) is 6.34. The second kappa shape index (κ2) is 6.98. The number of aromatic nitrogens is 3. The molecule has 3 aromatic rings. The van der Waals surface area contributed by atoms with E-state index in [0.29, 0.717) is 12.8 Å². The lowest BCUT2D eigenvalue weighted by molar-refractivity contribution is -0.0486. The molecule has 0 saturated heterocycles. The molecule has 0 aliphatic heterocycles. The maximum atomic E-state index is 13.7. The number of rotatable bonds is 4. The zero-order valence-corrected chi connectivity index (χ0v) is 16.9. The Hall–Kier alpha value is -2.24. The first-order valence-corrected chi connectivity index (χ1v) is 10.1. The number of alkyl halides is 2. The molecule has 0 spiro atoms. The normalized spacial score (nSPS) is 18.6. The molecule has 1 unspecified atom stereocenters. The van der Waals surface area contributed by atoms with Crippen molar-refractivity contribution < 1.29 is 13.3 Å². The Balaban J connectivity index is 1.77. The van der Waals surface area contributed by atoms with Crippen molar-refractivity contribution >= 4 is 11.0 Å². The SMILES string of the molecule is CCC(c1cn(C)c2ncc(-c3c(C)noc3C)cc12)C1CCC(F)(F)CC1. The fourth-order valence-electron chi connectivity index (χ4n) is 4.89. The molecule has 0 radical (unpaired) electrons. The molecular weight excluding hydrogens is 360 g/mol. The van der Waals surface area contributed by atoms with Crippen LogP contribution in [0.3, 0.4) is 0 Å². The number of hydrogen-bond acceptors (Lipinski definition) is 3. The molecule has 3 aromatic heterocycles. The quantitative estimate of drug-likeness (QED) is 0.538. The average Bonchev–Trinajstić information content (AvgIpc) is 3.16. The molecule has 1 saturated carbocycles. The van der Waals surface area contributed by atoms with Crippen molar-refractivity contribution in [2.45, 2.75) is 64.7 Å². The third kappa shape index (κ3) is 3.23. The fourth-order valence-corrected chi connectivity index (χ4v) is 4.89. The summed E-state index contributed by atoms with van der Waals surface area (Å²) in [6, 6.07) is 2.16. The lowest BCUT2D eigenvalue weighted by atomic mass is 9.74. The van der Waals surface area contributed by atoms with E-state index in [1.165, 1.54) is 5.56 Å². The predicted molar refractivity (Wildman–Crippen MR) is 106 cm³/mol. The van der Waals surface area contributed by atoms with Crippen LogP contribution in [0.5, 0.6) is 0 Å². The zero-order valence-electron chi connectivity index (χ0n) is 16.9. The molecule has 0 amide bonds. The van der Waals surface area contributed by atoms with Crippen LogP contribution in [0.2, 0.25) is 0 Å². The summed E-state index contributed by atoms with van der Waals surface area (Å²) >= 11 is 0. The Labute approximate surface area is 163 Å². The second-order valence-electron chi connectivity index (χ2n) is 8.20. The highest BCUT2D eigenvalue weighted by Crippen LogP contribution is 2.45. The van der Waals surface area contributed by atoms with Crippen molar-refractivity contribution in [3.8, 4) is 11.1 Å². The van der Waals surface area contributed by atoms with Gasteiger partial charge < -0.3 is 9.09 Å². The molecule has 4 rings (SSSR count). The lowest BCUT2D eigenvalue weighted by Crippen LogP contribution is -2.27. The van der Waals surface area contributed by atoms with Gasteiger partial charge in [0.05, 0.1) is 5.69 Å². The van der Waals surface area contributed by atoms with Crippen LogP contribution in [0.1, 0.15) is 62.0 Å². The summed E-state index contributed by atoms with van der Waals surface area (Å²) in [5, 5.41) is 5.16. The minimum absolute atomic E-state index is 0.00150. The van der Waals surface area contributed by atoms with Gasteiger partial charge in [-0.1, -0.05) is 12.1 Å². The number of aryl methyl sites for hydroxylation is 3. The van der Waals surface area contributed by atoms with E-state index in [2.05, 4.69) is 24.3 Å². The first kappa shape index (κ1) is 19.1. The van der Waals surface area contributed by atoms with Gasteiger partial charge in [0, 0.05) is 48.8 Å². The molecule has 0 N–H and O–H groups in total. The molecule has 3 heterocycles. The second-order valence-corrected chi connectivity index (χ2v) is 8.20. The van der Waals surface area contributed by atoms with Crippen LogP contribution >= 0.6 is 0 Å². The summed E-state index contributed by atoms with van der Waals surface area (Å²) in [6.45, 7) is 5.99. The van der Waals surface area contributed by atoms with Crippen LogP contribution in [0, 0.1) is 19.8 Å². The molecule has 1 fully saturated rings. The van der Waals surface area contributed by atoms with Gasteiger partial charge in [-0.05, 0) is 56.6 Å². The van der Waals surface area contributed by atoms with Gasteiger partial charge in [-0.3, -0.25) is 0 Å². The Bertz CT molecular complexity index is 975. The van der Waals surface area contributed by atoms with Crippen LogP contribution in [0.4, 0.5) is 8.78 Å². The number of halogens is 2. The summed E-state index contributed by atoms with van der Waals surface area (Å²) in [6.07, 6.45) is 6.10. The molecule has 1 atom stereocenters. The van der Waals surface area contributed by atoms with Gasteiger partial charge in [0.2, 0.25) is 5.92 Å². The van der Waals surface area contributed by atoms with E-state index < -0.39 is 5.92 Å². The van der Waals surface area contributed by atoms with Gasteiger partial charge in [0.15, 0.2) is 0 Å². The van der Waals surface area contributed by atoms with E-state index in [1.807, 2.05) is 31.7 Å². The average molecular weight is 387 g/mol. The maximum absolute atomic E-state index is 13.7. The summed E-state index contributed by atoms with van der Waals surface area (Å²) in [5.74, 6) is -1.16. The minimum atomic E-state index is -2.49. The standard InChI is InChI=1S/C22H27F2N3O/c1-5-17(15-6-8-22(23,24)9-7-15)19-12-27(4)21-18(19)10-16(11-25-21)20-13(2)26-28-14(20)3/h10-12,15,17H,5-9H2,1-4H3. The van der Waals surface area contributed by atoms with Gasteiger partial charge >= 0.3 is 0 Å². The lowest BCUT2D eigenvalue weighted by Gasteiger charge is -2.33. The zero-order chi connectivity index (χ0) is 20.1. The van der Waals surface area contributed by atoms with E-state index in [-0.39, 0.29) is 24.7 Å². The smallest absolute Gasteiger partial charge is 0.248 e. The molecular formula is C22H27F2N3O. The number of hydrogen-bond donors (Lipinski definition) is 0. The number of fused-ring (bicyclic) bond motifs is 1. The highest BCUT2D eigenvalue weighted by Gasteiger charge is 2.38. The van der Waals surface area contributed by atoms with Crippen molar-refractivity contribution in [3.63, 3.8) is 0 Å². The molecule has 6 heteroatoms. The molecule has 1 aliphatic carbocycles. The van der Waals surface area contributed by atoms with E-state index in [1.54, 1.807) is 0 Å². The first-order valence-electron chi connectivity index (χ1n) is 10.1. The summed E-state index contributed by atoms with van der Waals surface area (Å²) < 4.78 is 34.7. The highest BCUT2D eigenvalue weighted by molar-refractivity contribution is 5.86. The van der Waals surface area contributed by atoms with Gasteiger partial charge in [0.25, 0.3) is 0 Å². The predicted octanol–water partition coefficient (Wildman–Crippen LogP) is 6.16. The van der Waals surface area contributed by atoms with Crippen molar-refractivity contribution in [1.29, 1.82) is 0 Å². The Kier molecular flexibility index (Phi) is 4.76. The summed E-state index contributed by atoms with van der Waals surface area (Å²) in [5.41, 5.74) is 4.95. The van der Waals surface area contributed by atoms with Crippen molar-refractivity contribution in [2.24, 2.45) is 13.0 Å². The molecule has 1 aliphatic rings.